The van der Waals surface area contributed by atoms with Crippen LogP contribution in [0.1, 0.15) is 40.5 Å². The van der Waals surface area contributed by atoms with Crippen LogP contribution < -0.4 is 5.32 Å². The maximum atomic E-state index is 11.4. The quantitative estimate of drug-likeness (QED) is 0.655. The molecule has 0 bridgehead atoms. The summed E-state index contributed by atoms with van der Waals surface area (Å²) < 4.78 is 10.3. The Labute approximate surface area is 110 Å². The van der Waals surface area contributed by atoms with E-state index in [0.29, 0.717) is 19.8 Å². The number of aliphatic hydroxyl groups is 1. The number of carbonyl (C=O) groups excluding carboxylic acids is 1. The molecule has 0 saturated carbocycles. The molecule has 0 aliphatic rings. The number of nitrogens with one attached hydrogen (secondary N) is 1. The van der Waals surface area contributed by atoms with Crippen LogP contribution >= 0.6 is 0 Å². The topological polar surface area (TPSA) is 67.8 Å². The lowest BCUT2D eigenvalue weighted by Gasteiger charge is -2.21. The predicted molar refractivity (Wildman–Crippen MR) is 70.5 cm³/mol. The molecule has 1 unspecified atom stereocenters. The van der Waals surface area contributed by atoms with Gasteiger partial charge in [-0.2, -0.15) is 0 Å². The second-order valence-electron chi connectivity index (χ2n) is 5.27. The summed E-state index contributed by atoms with van der Waals surface area (Å²) in [4.78, 5) is 11.4. The number of carbonyl (C=O) groups is 1. The van der Waals surface area contributed by atoms with E-state index in [1.807, 2.05) is 27.7 Å². The van der Waals surface area contributed by atoms with Gasteiger partial charge >= 0.3 is 6.09 Å². The van der Waals surface area contributed by atoms with Crippen molar-refractivity contribution in [2.24, 2.45) is 5.92 Å². The van der Waals surface area contributed by atoms with E-state index in [1.165, 1.54) is 0 Å². The fraction of sp³-hybridized carbons (Fsp3) is 0.923. The van der Waals surface area contributed by atoms with Crippen molar-refractivity contribution in [2.45, 2.75) is 46.1 Å². The van der Waals surface area contributed by atoms with Gasteiger partial charge in [-0.1, -0.05) is 0 Å². The van der Waals surface area contributed by atoms with Gasteiger partial charge in [-0.05, 0) is 46.5 Å². The molecule has 18 heavy (non-hydrogen) atoms. The molecule has 5 heteroatoms. The molecular weight excluding hydrogens is 234 g/mol. The summed E-state index contributed by atoms with van der Waals surface area (Å²) in [5.41, 5.74) is -0.492. The van der Waals surface area contributed by atoms with Gasteiger partial charge in [-0.25, -0.2) is 4.79 Å². The number of ether oxygens (including phenoxy) is 2. The predicted octanol–water partition coefficient (Wildman–Crippen LogP) is 1.94. The van der Waals surface area contributed by atoms with E-state index >= 15 is 0 Å². The Morgan fingerprint density at radius 1 is 1.39 bits per heavy atom. The fourth-order valence-corrected chi connectivity index (χ4v) is 1.42. The summed E-state index contributed by atoms with van der Waals surface area (Å²) in [5.74, 6) is 0.0537. The summed E-state index contributed by atoms with van der Waals surface area (Å²) in [7, 11) is 0. The van der Waals surface area contributed by atoms with Crippen LogP contribution in [0.15, 0.2) is 0 Å². The maximum Gasteiger partial charge on any atom is 0.407 e. The van der Waals surface area contributed by atoms with Gasteiger partial charge in [0.25, 0.3) is 0 Å². The summed E-state index contributed by atoms with van der Waals surface area (Å²) in [5, 5.41) is 11.9. The average Bonchev–Trinajstić information content (AvgIpc) is 2.26. The zero-order valence-corrected chi connectivity index (χ0v) is 12.0. The molecule has 5 nitrogen and oxygen atoms in total. The second kappa shape index (κ2) is 9.16. The number of aliphatic hydroxyl groups excluding tert-OH is 1. The molecule has 0 saturated heterocycles. The lowest BCUT2D eigenvalue weighted by atomic mass is 10.1. The highest BCUT2D eigenvalue weighted by atomic mass is 16.6. The van der Waals surface area contributed by atoms with E-state index in [9.17, 15) is 9.90 Å². The Morgan fingerprint density at radius 3 is 2.56 bits per heavy atom. The SMILES string of the molecule is CCOCCCC(CO)CNC(=O)OC(C)(C)C. The van der Waals surface area contributed by atoms with E-state index in [4.69, 9.17) is 9.47 Å². The molecule has 1 amide bonds. The third-order valence-corrected chi connectivity index (χ3v) is 2.30. The normalized spacial score (nSPS) is 13.2. The van der Waals surface area contributed by atoms with Gasteiger partial charge in [-0.15, -0.1) is 0 Å². The first-order valence-corrected chi connectivity index (χ1v) is 6.54. The summed E-state index contributed by atoms with van der Waals surface area (Å²) >= 11 is 0. The molecule has 0 fully saturated rings. The van der Waals surface area contributed by atoms with Crippen LogP contribution in [0.4, 0.5) is 4.79 Å². The first-order chi connectivity index (χ1) is 8.39. The Morgan fingerprint density at radius 2 is 2.06 bits per heavy atom. The zero-order chi connectivity index (χ0) is 14.0. The summed E-state index contributed by atoms with van der Waals surface area (Å²) in [6.45, 7) is 9.29. The van der Waals surface area contributed by atoms with Gasteiger partial charge in [0.2, 0.25) is 0 Å². The molecule has 0 rings (SSSR count). The molecule has 108 valence electrons. The lowest BCUT2D eigenvalue weighted by Crippen LogP contribution is -2.36. The molecule has 0 radical (unpaired) electrons. The highest BCUT2D eigenvalue weighted by Gasteiger charge is 2.17. The van der Waals surface area contributed by atoms with Crippen LogP contribution in [0, 0.1) is 5.92 Å². The minimum absolute atomic E-state index is 0.0537. The molecule has 0 aliphatic carbocycles. The molecule has 1 atom stereocenters. The highest BCUT2D eigenvalue weighted by Crippen LogP contribution is 2.08. The van der Waals surface area contributed by atoms with Crippen molar-refractivity contribution in [3.63, 3.8) is 0 Å². The first-order valence-electron chi connectivity index (χ1n) is 6.54. The van der Waals surface area contributed by atoms with Crippen molar-refractivity contribution in [2.75, 3.05) is 26.4 Å². The van der Waals surface area contributed by atoms with Crippen molar-refractivity contribution < 1.29 is 19.4 Å². The number of amides is 1. The molecule has 0 aromatic rings. The number of rotatable bonds is 8. The van der Waals surface area contributed by atoms with Gasteiger partial charge in [0.1, 0.15) is 5.60 Å². The van der Waals surface area contributed by atoms with E-state index in [0.717, 1.165) is 12.8 Å². The zero-order valence-electron chi connectivity index (χ0n) is 12.0. The number of hydrogen-bond acceptors (Lipinski definition) is 4. The highest BCUT2D eigenvalue weighted by molar-refractivity contribution is 5.67. The maximum absolute atomic E-state index is 11.4. The van der Waals surface area contributed by atoms with Crippen molar-refractivity contribution in [1.29, 1.82) is 0 Å². The van der Waals surface area contributed by atoms with Gasteiger partial charge in [0, 0.05) is 26.4 Å². The van der Waals surface area contributed by atoms with E-state index in [-0.39, 0.29) is 12.5 Å². The van der Waals surface area contributed by atoms with Crippen LogP contribution in [0.25, 0.3) is 0 Å². The van der Waals surface area contributed by atoms with Crippen LogP contribution in [0.5, 0.6) is 0 Å². The smallest absolute Gasteiger partial charge is 0.407 e. The second-order valence-corrected chi connectivity index (χ2v) is 5.27. The minimum Gasteiger partial charge on any atom is -0.444 e. The Balaban J connectivity index is 3.75. The molecule has 0 heterocycles. The Hall–Kier alpha value is -0.810. The van der Waals surface area contributed by atoms with Crippen molar-refractivity contribution in [3.05, 3.63) is 0 Å². The fourth-order valence-electron chi connectivity index (χ4n) is 1.42. The largest absolute Gasteiger partial charge is 0.444 e. The molecule has 0 spiro atoms. The number of alkyl carbamates (subject to hydrolysis) is 1. The average molecular weight is 261 g/mol. The van der Waals surface area contributed by atoms with Crippen molar-refractivity contribution in [3.8, 4) is 0 Å². The molecule has 0 aromatic carbocycles. The standard InChI is InChI=1S/C13H27NO4/c1-5-17-8-6-7-11(10-15)9-14-12(16)18-13(2,3)4/h11,15H,5-10H2,1-4H3,(H,14,16). The van der Waals surface area contributed by atoms with Gasteiger partial charge < -0.3 is 19.9 Å². The summed E-state index contributed by atoms with van der Waals surface area (Å²) in [6.07, 6.45) is 1.27. The Bertz CT molecular complexity index is 226. The first kappa shape index (κ1) is 17.2. The van der Waals surface area contributed by atoms with E-state index in [2.05, 4.69) is 5.32 Å². The van der Waals surface area contributed by atoms with Crippen molar-refractivity contribution in [1.82, 2.24) is 5.32 Å². The molecule has 2 N–H and O–H groups in total. The van der Waals surface area contributed by atoms with E-state index < -0.39 is 11.7 Å². The Kier molecular flexibility index (Phi) is 8.75. The van der Waals surface area contributed by atoms with Gasteiger partial charge in [0.05, 0.1) is 0 Å². The van der Waals surface area contributed by atoms with Crippen LogP contribution in [-0.4, -0.2) is 43.2 Å². The van der Waals surface area contributed by atoms with Crippen LogP contribution in [0.2, 0.25) is 0 Å². The van der Waals surface area contributed by atoms with Gasteiger partial charge in [0.15, 0.2) is 0 Å². The monoisotopic (exact) mass is 261 g/mol. The molecule has 0 aromatic heterocycles. The summed E-state index contributed by atoms with van der Waals surface area (Å²) in [6, 6.07) is 0. The molecule has 0 aliphatic heterocycles. The third kappa shape index (κ3) is 10.4. The van der Waals surface area contributed by atoms with Gasteiger partial charge in [-0.3, -0.25) is 0 Å². The van der Waals surface area contributed by atoms with E-state index in [1.54, 1.807) is 0 Å². The third-order valence-electron chi connectivity index (χ3n) is 2.30. The minimum atomic E-state index is -0.492. The lowest BCUT2D eigenvalue weighted by molar-refractivity contribution is 0.0509. The van der Waals surface area contributed by atoms with Crippen LogP contribution in [0.3, 0.4) is 0 Å². The van der Waals surface area contributed by atoms with Crippen molar-refractivity contribution >= 4 is 6.09 Å². The van der Waals surface area contributed by atoms with Crippen LogP contribution in [-0.2, 0) is 9.47 Å². The molecular formula is C13H27NO4. The number of hydrogen-bond donors (Lipinski definition) is 2.